The van der Waals surface area contributed by atoms with Gasteiger partial charge < -0.3 is 19.5 Å². The number of benzene rings is 1. The van der Waals surface area contributed by atoms with Crippen LogP contribution in [0.4, 0.5) is 0 Å². The van der Waals surface area contributed by atoms with Gasteiger partial charge in [0.2, 0.25) is 6.79 Å². The molecule has 0 fully saturated rings. The van der Waals surface area contributed by atoms with E-state index >= 15 is 0 Å². The van der Waals surface area contributed by atoms with E-state index in [0.717, 1.165) is 22.8 Å². The van der Waals surface area contributed by atoms with Crippen LogP contribution in [-0.2, 0) is 16.1 Å². The summed E-state index contributed by atoms with van der Waals surface area (Å²) in [7, 11) is 1.35. The Morgan fingerprint density at radius 2 is 2.22 bits per heavy atom. The zero-order valence-corrected chi connectivity index (χ0v) is 10.4. The van der Waals surface area contributed by atoms with Gasteiger partial charge in [-0.15, -0.1) is 0 Å². The standard InChI is InChI=1S/C13H15NO4/c1-9(5-13(15)16-2)14-7-10-3-4-11-12(6-10)18-8-17-11/h3-6,14H,7-8H2,1-2H3/b9-5-. The van der Waals surface area contributed by atoms with Gasteiger partial charge >= 0.3 is 5.97 Å². The molecule has 18 heavy (non-hydrogen) atoms. The van der Waals surface area contributed by atoms with E-state index < -0.39 is 0 Å². The molecule has 0 aliphatic carbocycles. The summed E-state index contributed by atoms with van der Waals surface area (Å²) in [5, 5.41) is 3.12. The lowest BCUT2D eigenvalue weighted by Crippen LogP contribution is -2.12. The molecule has 0 spiro atoms. The van der Waals surface area contributed by atoms with Gasteiger partial charge in [0.05, 0.1) is 7.11 Å². The number of carbonyl (C=O) groups is 1. The Bertz CT molecular complexity index is 482. The highest BCUT2D eigenvalue weighted by atomic mass is 16.7. The first kappa shape index (κ1) is 12.3. The van der Waals surface area contributed by atoms with Crippen molar-refractivity contribution in [3.05, 3.63) is 35.5 Å². The van der Waals surface area contributed by atoms with E-state index in [-0.39, 0.29) is 12.8 Å². The first-order valence-corrected chi connectivity index (χ1v) is 5.57. The molecule has 1 aromatic rings. The zero-order chi connectivity index (χ0) is 13.0. The third kappa shape index (κ3) is 2.94. The lowest BCUT2D eigenvalue weighted by Gasteiger charge is -2.07. The predicted octanol–water partition coefficient (Wildman–Crippen LogP) is 1.58. The number of hydrogen-bond acceptors (Lipinski definition) is 5. The number of fused-ring (bicyclic) bond motifs is 1. The van der Waals surface area contributed by atoms with Crippen molar-refractivity contribution in [1.29, 1.82) is 0 Å². The van der Waals surface area contributed by atoms with Crippen LogP contribution in [-0.4, -0.2) is 19.9 Å². The van der Waals surface area contributed by atoms with Crippen LogP contribution in [0.5, 0.6) is 11.5 Å². The van der Waals surface area contributed by atoms with Gasteiger partial charge in [-0.3, -0.25) is 0 Å². The Morgan fingerprint density at radius 3 is 3.00 bits per heavy atom. The van der Waals surface area contributed by atoms with Gasteiger partial charge in [0.15, 0.2) is 11.5 Å². The summed E-state index contributed by atoms with van der Waals surface area (Å²) in [4.78, 5) is 11.0. The Hall–Kier alpha value is -2.17. The normalized spacial score (nSPS) is 13.3. The molecule has 0 aromatic heterocycles. The quantitative estimate of drug-likeness (QED) is 0.648. The van der Waals surface area contributed by atoms with Crippen molar-refractivity contribution in [2.24, 2.45) is 0 Å². The highest BCUT2D eigenvalue weighted by molar-refractivity contribution is 5.82. The number of esters is 1. The molecule has 0 saturated carbocycles. The number of methoxy groups -OCH3 is 1. The first-order valence-electron chi connectivity index (χ1n) is 5.57. The number of nitrogens with one attached hydrogen (secondary N) is 1. The first-order chi connectivity index (χ1) is 8.69. The van der Waals surface area contributed by atoms with E-state index in [2.05, 4.69) is 10.1 Å². The van der Waals surface area contributed by atoms with Gasteiger partial charge in [0.25, 0.3) is 0 Å². The zero-order valence-electron chi connectivity index (χ0n) is 10.4. The fraction of sp³-hybridized carbons (Fsp3) is 0.308. The van der Waals surface area contributed by atoms with E-state index in [0.29, 0.717) is 6.54 Å². The van der Waals surface area contributed by atoms with Crippen molar-refractivity contribution in [2.75, 3.05) is 13.9 Å². The molecular formula is C13H15NO4. The average Bonchev–Trinajstić information content (AvgIpc) is 2.83. The van der Waals surface area contributed by atoms with Crippen molar-refractivity contribution in [3.63, 3.8) is 0 Å². The minimum Gasteiger partial charge on any atom is -0.466 e. The largest absolute Gasteiger partial charge is 0.466 e. The number of hydrogen-bond donors (Lipinski definition) is 1. The maximum atomic E-state index is 11.0. The van der Waals surface area contributed by atoms with Crippen molar-refractivity contribution in [1.82, 2.24) is 5.32 Å². The lowest BCUT2D eigenvalue weighted by molar-refractivity contribution is -0.134. The van der Waals surface area contributed by atoms with Gasteiger partial charge in [-0.25, -0.2) is 4.79 Å². The maximum Gasteiger partial charge on any atom is 0.332 e. The topological polar surface area (TPSA) is 56.8 Å². The molecule has 0 bridgehead atoms. The van der Waals surface area contributed by atoms with E-state index in [1.165, 1.54) is 13.2 Å². The smallest absolute Gasteiger partial charge is 0.332 e. The van der Waals surface area contributed by atoms with Gasteiger partial charge in [-0.2, -0.15) is 0 Å². The molecule has 0 radical (unpaired) electrons. The summed E-state index contributed by atoms with van der Waals surface area (Å²) in [6, 6.07) is 5.74. The molecule has 2 rings (SSSR count). The molecule has 96 valence electrons. The van der Waals surface area contributed by atoms with Gasteiger partial charge in [0, 0.05) is 18.3 Å². The Morgan fingerprint density at radius 1 is 1.44 bits per heavy atom. The molecule has 1 aliphatic rings. The fourth-order valence-electron chi connectivity index (χ4n) is 1.58. The van der Waals surface area contributed by atoms with Crippen molar-refractivity contribution in [2.45, 2.75) is 13.5 Å². The van der Waals surface area contributed by atoms with Crippen molar-refractivity contribution in [3.8, 4) is 11.5 Å². The van der Waals surface area contributed by atoms with Gasteiger partial charge in [-0.1, -0.05) is 6.07 Å². The van der Waals surface area contributed by atoms with Crippen LogP contribution in [0, 0.1) is 0 Å². The fourth-order valence-corrected chi connectivity index (χ4v) is 1.58. The molecule has 0 amide bonds. The molecule has 1 aromatic carbocycles. The number of carbonyl (C=O) groups excluding carboxylic acids is 1. The second-order valence-corrected chi connectivity index (χ2v) is 3.89. The minimum absolute atomic E-state index is 0.271. The minimum atomic E-state index is -0.370. The van der Waals surface area contributed by atoms with Crippen LogP contribution >= 0.6 is 0 Å². The van der Waals surface area contributed by atoms with Gasteiger partial charge in [0.1, 0.15) is 0 Å². The highest BCUT2D eigenvalue weighted by Gasteiger charge is 2.12. The summed E-state index contributed by atoms with van der Waals surface area (Å²) >= 11 is 0. The second-order valence-electron chi connectivity index (χ2n) is 3.89. The second kappa shape index (κ2) is 5.44. The number of allylic oxidation sites excluding steroid dienone is 1. The third-order valence-electron chi connectivity index (χ3n) is 2.54. The SMILES string of the molecule is COC(=O)/C=C(/C)NCc1ccc2c(c1)OCO2. The van der Waals surface area contributed by atoms with E-state index in [1.54, 1.807) is 0 Å². The number of rotatable bonds is 4. The molecular weight excluding hydrogens is 234 g/mol. The predicted molar refractivity (Wildman–Crippen MR) is 65.2 cm³/mol. The van der Waals surface area contributed by atoms with Crippen LogP contribution in [0.3, 0.4) is 0 Å². The van der Waals surface area contributed by atoms with E-state index in [4.69, 9.17) is 9.47 Å². The number of ether oxygens (including phenoxy) is 3. The van der Waals surface area contributed by atoms with Crippen molar-refractivity contribution < 1.29 is 19.0 Å². The molecule has 1 aliphatic heterocycles. The highest BCUT2D eigenvalue weighted by Crippen LogP contribution is 2.32. The Labute approximate surface area is 105 Å². The monoisotopic (exact) mass is 249 g/mol. The average molecular weight is 249 g/mol. The maximum absolute atomic E-state index is 11.0. The van der Waals surface area contributed by atoms with Crippen LogP contribution in [0.2, 0.25) is 0 Å². The molecule has 0 saturated heterocycles. The summed E-state index contributed by atoms with van der Waals surface area (Å²) < 4.78 is 15.1. The molecule has 1 N–H and O–H groups in total. The third-order valence-corrected chi connectivity index (χ3v) is 2.54. The molecule has 1 heterocycles. The van der Waals surface area contributed by atoms with Crippen LogP contribution in [0.25, 0.3) is 0 Å². The lowest BCUT2D eigenvalue weighted by atomic mass is 10.2. The summed E-state index contributed by atoms with van der Waals surface area (Å²) in [6.45, 7) is 2.69. The van der Waals surface area contributed by atoms with Crippen LogP contribution in [0.15, 0.2) is 30.0 Å². The summed E-state index contributed by atoms with van der Waals surface area (Å²) in [5.41, 5.74) is 1.80. The summed E-state index contributed by atoms with van der Waals surface area (Å²) in [6.07, 6.45) is 1.41. The molecule has 5 nitrogen and oxygen atoms in total. The van der Waals surface area contributed by atoms with Gasteiger partial charge in [-0.05, 0) is 24.6 Å². The Balaban J connectivity index is 1.94. The Kier molecular flexibility index (Phi) is 3.72. The summed E-state index contributed by atoms with van der Waals surface area (Å²) in [5.74, 6) is 1.15. The van der Waals surface area contributed by atoms with E-state index in [9.17, 15) is 4.79 Å². The van der Waals surface area contributed by atoms with Crippen LogP contribution in [0.1, 0.15) is 12.5 Å². The molecule has 5 heteroatoms. The van der Waals surface area contributed by atoms with Crippen molar-refractivity contribution >= 4 is 5.97 Å². The van der Waals surface area contributed by atoms with Crippen LogP contribution < -0.4 is 14.8 Å². The van der Waals surface area contributed by atoms with E-state index in [1.807, 2.05) is 25.1 Å². The molecule has 0 atom stereocenters. The molecule has 0 unspecified atom stereocenters.